The first-order chi connectivity index (χ1) is 34.4. The third-order valence-corrected chi connectivity index (χ3v) is 18.2. The van der Waals surface area contributed by atoms with Gasteiger partial charge in [-0.05, 0) is 122 Å². The maximum absolute atomic E-state index is 7.39. The average Bonchev–Trinajstić information content (AvgIpc) is 3.94. The molecule has 338 valence electrons. The molecule has 0 amide bonds. The summed E-state index contributed by atoms with van der Waals surface area (Å²) in [5.41, 5.74) is 17.2. The Morgan fingerprint density at radius 1 is 0.471 bits per heavy atom. The van der Waals surface area contributed by atoms with Crippen molar-refractivity contribution >= 4 is 90.9 Å². The summed E-state index contributed by atoms with van der Waals surface area (Å²) < 4.78 is 7.39. The van der Waals surface area contributed by atoms with Gasteiger partial charge in [0.2, 0.25) is 0 Å². The van der Waals surface area contributed by atoms with Crippen molar-refractivity contribution in [2.75, 3.05) is 9.80 Å². The Labute approximate surface area is 411 Å². The van der Waals surface area contributed by atoms with Gasteiger partial charge in [-0.3, -0.25) is 0 Å². The Morgan fingerprint density at radius 2 is 1.07 bits per heavy atom. The molecule has 11 aromatic rings. The van der Waals surface area contributed by atoms with Crippen molar-refractivity contribution in [2.45, 2.75) is 63.1 Å². The summed E-state index contributed by atoms with van der Waals surface area (Å²) in [6.45, 7) is 7.31. The van der Waals surface area contributed by atoms with Crippen molar-refractivity contribution in [1.82, 2.24) is 0 Å². The van der Waals surface area contributed by atoms with Crippen LogP contribution in [0, 0.1) is 0 Å². The third kappa shape index (κ3) is 5.93. The molecule has 2 aliphatic carbocycles. The molecule has 3 aliphatic rings. The number of anilines is 6. The molecule has 3 nitrogen and oxygen atoms in total. The van der Waals surface area contributed by atoms with Crippen LogP contribution in [0.2, 0.25) is 19.6 Å². The lowest BCUT2D eigenvalue weighted by atomic mass is 9.64. The normalized spacial score (nSPS) is 15.1. The topological polar surface area (TPSA) is 19.6 Å². The summed E-state index contributed by atoms with van der Waals surface area (Å²) >= 11 is 0. The first-order valence-electron chi connectivity index (χ1n) is 25.4. The maximum Gasteiger partial charge on any atom is 0.159 e. The summed E-state index contributed by atoms with van der Waals surface area (Å²) in [5.74, 6) is 0.514. The van der Waals surface area contributed by atoms with Crippen molar-refractivity contribution in [3.8, 4) is 11.1 Å². The van der Waals surface area contributed by atoms with Gasteiger partial charge in [0.05, 0.1) is 36.2 Å². The molecule has 1 spiro atoms. The van der Waals surface area contributed by atoms with Crippen LogP contribution in [0.15, 0.2) is 211 Å². The first-order valence-corrected chi connectivity index (χ1v) is 28.9. The number of furan rings is 1. The van der Waals surface area contributed by atoms with E-state index in [0.29, 0.717) is 5.92 Å². The SMILES string of the molecule is C[Si](C)(C)c1ccc(N(c2cc3c(c4ccccc24)-c2c(ccc4ccccc24)C32c3ccccc3N(c3ccccc3)c3ccccc32)c2cccc3c2oc2c(C4CCCCC4)cccc23)cc1. The van der Waals surface area contributed by atoms with Gasteiger partial charge >= 0.3 is 0 Å². The molecule has 1 fully saturated rings. The largest absolute Gasteiger partial charge is 0.454 e. The number of benzene rings is 10. The van der Waals surface area contributed by atoms with E-state index in [4.69, 9.17) is 4.42 Å². The molecule has 0 bridgehead atoms. The Kier molecular flexibility index (Phi) is 9.26. The highest BCUT2D eigenvalue weighted by molar-refractivity contribution is 6.88. The fourth-order valence-electron chi connectivity index (χ4n) is 13.0. The van der Waals surface area contributed by atoms with Crippen LogP contribution in [0.3, 0.4) is 0 Å². The summed E-state index contributed by atoms with van der Waals surface area (Å²) in [5, 5.41) is 8.76. The van der Waals surface area contributed by atoms with Crippen LogP contribution in [0.1, 0.15) is 65.8 Å². The highest BCUT2D eigenvalue weighted by Gasteiger charge is 2.53. The van der Waals surface area contributed by atoms with Crippen LogP contribution < -0.4 is 15.0 Å². The predicted molar refractivity (Wildman–Crippen MR) is 298 cm³/mol. The fourth-order valence-corrected chi connectivity index (χ4v) is 14.2. The summed E-state index contributed by atoms with van der Waals surface area (Å²) in [7, 11) is -1.62. The Morgan fingerprint density at radius 3 is 1.80 bits per heavy atom. The molecule has 1 aliphatic heterocycles. The number of nitrogens with zero attached hydrogens (tertiary/aromatic N) is 2. The van der Waals surface area contributed by atoms with E-state index < -0.39 is 13.5 Å². The van der Waals surface area contributed by atoms with Crippen molar-refractivity contribution < 1.29 is 4.42 Å². The molecule has 0 unspecified atom stereocenters. The second-order valence-corrected chi connectivity index (χ2v) is 26.1. The lowest BCUT2D eigenvalue weighted by molar-refractivity contribution is 0.442. The Hall–Kier alpha value is -7.66. The maximum atomic E-state index is 7.39. The van der Waals surface area contributed by atoms with Gasteiger partial charge in [-0.2, -0.15) is 0 Å². The monoisotopic (exact) mass is 918 g/mol. The molecule has 0 N–H and O–H groups in total. The summed E-state index contributed by atoms with van der Waals surface area (Å²) in [4.78, 5) is 5.01. The number of fused-ring (bicyclic) bond motifs is 16. The predicted octanol–water partition coefficient (Wildman–Crippen LogP) is 18.1. The number of hydrogen-bond donors (Lipinski definition) is 0. The van der Waals surface area contributed by atoms with Crippen molar-refractivity contribution in [2.24, 2.45) is 0 Å². The number of hydrogen-bond acceptors (Lipinski definition) is 3. The first kappa shape index (κ1) is 41.3. The average molecular weight is 919 g/mol. The van der Waals surface area contributed by atoms with E-state index >= 15 is 0 Å². The van der Waals surface area contributed by atoms with E-state index in [9.17, 15) is 0 Å². The molecule has 1 saturated carbocycles. The molecule has 10 aromatic carbocycles. The lowest BCUT2D eigenvalue weighted by Crippen LogP contribution is -2.37. The van der Waals surface area contributed by atoms with Gasteiger partial charge in [-0.25, -0.2) is 0 Å². The molecule has 4 heteroatoms. The fraction of sp³-hybridized carbons (Fsp3) is 0.152. The third-order valence-electron chi connectivity index (χ3n) is 16.2. The van der Waals surface area contributed by atoms with Crippen LogP contribution in [-0.4, -0.2) is 8.07 Å². The second kappa shape index (κ2) is 15.7. The number of para-hydroxylation sites is 5. The minimum absolute atomic E-state index is 0.514. The zero-order chi connectivity index (χ0) is 46.7. The Balaban J connectivity index is 1.12. The van der Waals surface area contributed by atoms with Crippen LogP contribution >= 0.6 is 0 Å². The highest BCUT2D eigenvalue weighted by Crippen LogP contribution is 2.66. The number of rotatable bonds is 6. The van der Waals surface area contributed by atoms with Crippen LogP contribution in [-0.2, 0) is 5.41 Å². The molecule has 0 saturated heterocycles. The van der Waals surface area contributed by atoms with Gasteiger partial charge in [0.1, 0.15) is 5.58 Å². The summed E-state index contributed by atoms with van der Waals surface area (Å²) in [6.07, 6.45) is 6.31. The van der Waals surface area contributed by atoms with Crippen LogP contribution in [0.25, 0.3) is 54.6 Å². The highest BCUT2D eigenvalue weighted by atomic mass is 28.3. The van der Waals surface area contributed by atoms with Gasteiger partial charge in [-0.15, -0.1) is 0 Å². The van der Waals surface area contributed by atoms with E-state index in [0.717, 1.165) is 39.3 Å². The van der Waals surface area contributed by atoms with Crippen LogP contribution in [0.5, 0.6) is 0 Å². The van der Waals surface area contributed by atoms with Gasteiger partial charge in [0, 0.05) is 27.5 Å². The lowest BCUT2D eigenvalue weighted by Gasteiger charge is -2.45. The van der Waals surface area contributed by atoms with Crippen molar-refractivity contribution in [1.29, 1.82) is 0 Å². The smallest absolute Gasteiger partial charge is 0.159 e. The van der Waals surface area contributed by atoms with E-state index in [1.807, 2.05) is 0 Å². The Bertz CT molecular complexity index is 3830. The van der Waals surface area contributed by atoms with Crippen molar-refractivity contribution in [3.63, 3.8) is 0 Å². The standard InChI is InChI=1S/C66H54N2OSi/c1-70(2,3)47-39-37-46(38-40-47)68(60-35-19-30-53-52-29-18-28-49(64(52)69-65(53)60)43-20-6-4-7-21-43)61-42-57-63(51-27-13-12-26-50(51)61)62-48-25-11-10-22-44(48)36-41-56(62)66(57)54-31-14-16-33-58(54)67(45-23-8-5-9-24-45)59-34-17-15-32-55(59)66/h5,8-19,22-43H,4,6-7,20-21H2,1-3H3. The second-order valence-electron chi connectivity index (χ2n) is 21.0. The zero-order valence-corrected chi connectivity index (χ0v) is 41.0. The van der Waals surface area contributed by atoms with E-state index in [2.05, 4.69) is 236 Å². The van der Waals surface area contributed by atoms with E-state index in [1.54, 1.807) is 0 Å². The van der Waals surface area contributed by atoms with E-state index in [-0.39, 0.29) is 0 Å². The van der Waals surface area contributed by atoms with Gasteiger partial charge in [-0.1, -0.05) is 202 Å². The summed E-state index contributed by atoms with van der Waals surface area (Å²) in [6, 6.07) is 78.0. The van der Waals surface area contributed by atoms with Gasteiger partial charge < -0.3 is 14.2 Å². The molecule has 1 aromatic heterocycles. The molecule has 0 radical (unpaired) electrons. The molecular formula is C66H54N2OSi. The molecule has 2 heterocycles. The van der Waals surface area contributed by atoms with Crippen molar-refractivity contribution in [3.05, 3.63) is 234 Å². The minimum Gasteiger partial charge on any atom is -0.454 e. The molecule has 14 rings (SSSR count). The quantitative estimate of drug-likeness (QED) is 0.155. The van der Waals surface area contributed by atoms with Crippen LogP contribution in [0.4, 0.5) is 34.1 Å². The molecule has 0 atom stereocenters. The molecule has 70 heavy (non-hydrogen) atoms. The molecular weight excluding hydrogens is 865 g/mol. The zero-order valence-electron chi connectivity index (χ0n) is 40.0. The van der Waals surface area contributed by atoms with Gasteiger partial charge in [0.15, 0.2) is 5.58 Å². The van der Waals surface area contributed by atoms with E-state index in [1.165, 1.54) is 115 Å². The minimum atomic E-state index is -1.62. The van der Waals surface area contributed by atoms with Gasteiger partial charge in [0.25, 0.3) is 0 Å².